The second-order valence-electron chi connectivity index (χ2n) is 16.5. The fraction of sp³-hybridized carbons (Fsp3) is 0.659. The highest BCUT2D eigenvalue weighted by atomic mass is 16.4. The Kier molecular flexibility index (Phi) is 19.2. The number of phenolic OH excluding ortho intramolecular Hbond substituents is 1. The van der Waals surface area contributed by atoms with Crippen LogP contribution in [0, 0.1) is 11.8 Å². The van der Waals surface area contributed by atoms with Crippen molar-refractivity contribution < 1.29 is 48.9 Å². The van der Waals surface area contributed by atoms with E-state index in [9.17, 15) is 48.9 Å². The van der Waals surface area contributed by atoms with E-state index in [0.29, 0.717) is 24.8 Å². The number of carboxylic acids is 1. The molecule has 0 unspecified atom stereocenters. The molecular formula is C41H66N10O10. The van der Waals surface area contributed by atoms with E-state index < -0.39 is 95.7 Å². The van der Waals surface area contributed by atoms with E-state index in [1.165, 1.54) is 28.9 Å². The van der Waals surface area contributed by atoms with E-state index >= 15 is 0 Å². The molecule has 6 amide bonds. The summed E-state index contributed by atoms with van der Waals surface area (Å²) in [6, 6.07) is -1.87. The summed E-state index contributed by atoms with van der Waals surface area (Å²) in [5.41, 5.74) is 17.2. The first-order valence-corrected chi connectivity index (χ1v) is 21.1. The number of likely N-dealkylation sites (tertiary alicyclic amines) is 2. The van der Waals surface area contributed by atoms with Gasteiger partial charge in [-0.15, -0.1) is 0 Å². The fourth-order valence-electron chi connectivity index (χ4n) is 7.50. The number of amides is 6. The number of carbonyl (C=O) groups is 7. The van der Waals surface area contributed by atoms with Crippen molar-refractivity contribution in [3.8, 4) is 5.75 Å². The van der Waals surface area contributed by atoms with Gasteiger partial charge >= 0.3 is 5.97 Å². The van der Waals surface area contributed by atoms with Crippen molar-refractivity contribution in [3.05, 3.63) is 29.8 Å². The minimum atomic E-state index is -1.33. The molecule has 13 N–H and O–H groups in total. The number of aliphatic hydroxyl groups excluding tert-OH is 1. The van der Waals surface area contributed by atoms with Crippen molar-refractivity contribution >= 4 is 47.4 Å². The molecule has 0 aromatic heterocycles. The molecule has 0 spiro atoms. The number of nitrogens with one attached hydrogen (secondary N) is 4. The maximum atomic E-state index is 14.3. The van der Waals surface area contributed by atoms with Gasteiger partial charge in [0.25, 0.3) is 0 Å². The van der Waals surface area contributed by atoms with Crippen LogP contribution in [0.3, 0.4) is 0 Å². The van der Waals surface area contributed by atoms with Gasteiger partial charge in [-0.3, -0.25) is 33.8 Å². The fourth-order valence-corrected chi connectivity index (χ4v) is 7.50. The van der Waals surface area contributed by atoms with Crippen LogP contribution in [-0.4, -0.2) is 141 Å². The third kappa shape index (κ3) is 14.6. The summed E-state index contributed by atoms with van der Waals surface area (Å²) in [5.74, 6) is -5.58. The second kappa shape index (κ2) is 23.5. The van der Waals surface area contributed by atoms with Crippen LogP contribution < -0.4 is 38.5 Å². The van der Waals surface area contributed by atoms with E-state index in [1.807, 2.05) is 20.8 Å². The van der Waals surface area contributed by atoms with Gasteiger partial charge in [0.15, 0.2) is 5.96 Å². The van der Waals surface area contributed by atoms with Gasteiger partial charge in [0.05, 0.1) is 6.10 Å². The molecule has 61 heavy (non-hydrogen) atoms. The quantitative estimate of drug-likeness (QED) is 0.0373. The number of carboxylic acid groups (broad SMARTS) is 1. The molecule has 340 valence electrons. The molecule has 9 atom stereocenters. The highest BCUT2D eigenvalue weighted by molar-refractivity contribution is 5.97. The number of aliphatic hydroxyl groups is 1. The molecule has 2 heterocycles. The summed E-state index contributed by atoms with van der Waals surface area (Å²) in [6.07, 6.45) is 1.28. The van der Waals surface area contributed by atoms with Crippen LogP contribution in [0.1, 0.15) is 91.5 Å². The molecule has 2 saturated heterocycles. The average molecular weight is 859 g/mol. The van der Waals surface area contributed by atoms with Gasteiger partial charge in [-0.05, 0) is 81.4 Å². The van der Waals surface area contributed by atoms with Crippen LogP contribution >= 0.6 is 0 Å². The second-order valence-corrected chi connectivity index (χ2v) is 16.5. The van der Waals surface area contributed by atoms with Gasteiger partial charge in [-0.2, -0.15) is 0 Å². The number of rotatable bonds is 22. The summed E-state index contributed by atoms with van der Waals surface area (Å²) >= 11 is 0. The lowest BCUT2D eigenvalue weighted by molar-refractivity contribution is -0.145. The van der Waals surface area contributed by atoms with Gasteiger partial charge in [0.2, 0.25) is 35.4 Å². The Morgan fingerprint density at radius 2 is 1.34 bits per heavy atom. The number of benzene rings is 1. The van der Waals surface area contributed by atoms with E-state index in [1.54, 1.807) is 19.1 Å². The first kappa shape index (κ1) is 49.9. The highest BCUT2D eigenvalue weighted by Gasteiger charge is 2.43. The third-order valence-corrected chi connectivity index (χ3v) is 11.2. The van der Waals surface area contributed by atoms with Crippen molar-refractivity contribution in [2.45, 2.75) is 141 Å². The molecule has 0 saturated carbocycles. The first-order valence-electron chi connectivity index (χ1n) is 21.1. The molecule has 2 fully saturated rings. The molecule has 20 nitrogen and oxygen atoms in total. The number of aliphatic carboxylic acids is 1. The molecule has 1 aromatic carbocycles. The Labute approximate surface area is 356 Å². The zero-order valence-corrected chi connectivity index (χ0v) is 35.8. The van der Waals surface area contributed by atoms with Crippen LogP contribution in [0.4, 0.5) is 0 Å². The molecule has 2 aliphatic rings. The van der Waals surface area contributed by atoms with E-state index in [0.717, 1.165) is 0 Å². The Bertz CT molecular complexity index is 1720. The Morgan fingerprint density at radius 3 is 1.85 bits per heavy atom. The topological polar surface area (TPSA) is 325 Å². The van der Waals surface area contributed by atoms with Gasteiger partial charge in [0.1, 0.15) is 48.0 Å². The largest absolute Gasteiger partial charge is 0.508 e. The van der Waals surface area contributed by atoms with Crippen LogP contribution in [0.15, 0.2) is 29.3 Å². The smallest absolute Gasteiger partial charge is 0.326 e. The van der Waals surface area contributed by atoms with E-state index in [-0.39, 0.29) is 75.8 Å². The number of nitrogens with two attached hydrogens (primary N) is 3. The van der Waals surface area contributed by atoms with Gasteiger partial charge in [-0.25, -0.2) is 4.79 Å². The molecule has 20 heteroatoms. The molecular weight excluding hydrogens is 793 g/mol. The summed E-state index contributed by atoms with van der Waals surface area (Å²) in [5, 5.41) is 40.3. The number of carbonyl (C=O) groups excluding carboxylic acids is 6. The van der Waals surface area contributed by atoms with Gasteiger partial charge in [-0.1, -0.05) is 46.2 Å². The van der Waals surface area contributed by atoms with Crippen LogP contribution in [0.5, 0.6) is 5.75 Å². The third-order valence-electron chi connectivity index (χ3n) is 11.2. The lowest BCUT2D eigenvalue weighted by Crippen LogP contribution is -2.60. The lowest BCUT2D eigenvalue weighted by Gasteiger charge is -2.33. The standard InChI is InChI=1S/C41H66N10O10/c1-6-23(4)33(37(57)46-27(40(60)61)10-7-17-45-41(43)44)49-35(55)31-12-9-19-51(31)38(58)28(20-22(2)3)47-34(54)30-11-8-18-50(30)39(59)29(48-36(56)32(42)24(5)52)21-25-13-15-26(53)16-14-25/h13-16,22-24,27-33,52-53H,6-12,17-21,42H2,1-5H3,(H,46,57)(H,47,54)(H,48,56)(H,49,55)(H,60,61)(H4,43,44,45)/t23-,24+,27-,28-,29-,30-,31-,32-,33-/m0/s1. The number of phenols is 1. The average Bonchev–Trinajstić information content (AvgIpc) is 3.91. The maximum absolute atomic E-state index is 14.3. The molecule has 2 aliphatic heterocycles. The van der Waals surface area contributed by atoms with Crippen LogP contribution in [0.2, 0.25) is 0 Å². The normalized spacial score (nSPS) is 19.7. The maximum Gasteiger partial charge on any atom is 0.326 e. The Balaban J connectivity index is 1.78. The summed E-state index contributed by atoms with van der Waals surface area (Å²) in [4.78, 5) is 102. The Hall–Kier alpha value is -5.50. The molecule has 0 bridgehead atoms. The molecule has 0 radical (unpaired) electrons. The number of hydrogen-bond donors (Lipinski definition) is 10. The van der Waals surface area contributed by atoms with Crippen LogP contribution in [0.25, 0.3) is 0 Å². The number of guanidine groups is 1. The minimum Gasteiger partial charge on any atom is -0.508 e. The highest BCUT2D eigenvalue weighted by Crippen LogP contribution is 2.24. The van der Waals surface area contributed by atoms with E-state index in [2.05, 4.69) is 26.3 Å². The number of nitrogens with zero attached hydrogens (tertiary/aromatic N) is 3. The number of hydrogen-bond acceptors (Lipinski definition) is 11. The molecule has 0 aliphatic carbocycles. The van der Waals surface area contributed by atoms with Gasteiger partial charge < -0.3 is 63.6 Å². The lowest BCUT2D eigenvalue weighted by atomic mass is 9.97. The van der Waals surface area contributed by atoms with Crippen molar-refractivity contribution in [2.75, 3.05) is 19.6 Å². The summed E-state index contributed by atoms with van der Waals surface area (Å²) in [6.45, 7) is 9.23. The number of aromatic hydroxyl groups is 1. The van der Waals surface area contributed by atoms with Crippen molar-refractivity contribution in [1.29, 1.82) is 0 Å². The van der Waals surface area contributed by atoms with E-state index in [4.69, 9.17) is 17.2 Å². The first-order chi connectivity index (χ1) is 28.7. The van der Waals surface area contributed by atoms with Crippen molar-refractivity contribution in [3.63, 3.8) is 0 Å². The van der Waals surface area contributed by atoms with Crippen molar-refractivity contribution in [2.24, 2.45) is 34.0 Å². The minimum absolute atomic E-state index is 0.00448. The zero-order valence-electron chi connectivity index (χ0n) is 35.8. The number of aliphatic imine (C=N–C) groups is 1. The monoisotopic (exact) mass is 858 g/mol. The summed E-state index contributed by atoms with van der Waals surface area (Å²) in [7, 11) is 0. The zero-order chi connectivity index (χ0) is 45.6. The molecule has 3 rings (SSSR count). The Morgan fingerprint density at radius 1 is 0.803 bits per heavy atom. The summed E-state index contributed by atoms with van der Waals surface area (Å²) < 4.78 is 0. The SMILES string of the molecule is CC[C@H](C)[C@H](NC(=O)[C@@H]1CCCN1C(=O)[C@H](CC(C)C)NC(=O)[C@@H]1CCCN1C(=O)[C@H](Cc1ccc(O)cc1)NC(=O)[C@@H](N)[C@@H](C)O)C(=O)N[C@@H](CCCN=C(N)N)C(=O)O. The van der Waals surface area contributed by atoms with Crippen molar-refractivity contribution in [1.82, 2.24) is 31.1 Å². The van der Waals surface area contributed by atoms with Gasteiger partial charge in [0, 0.05) is 26.1 Å². The van der Waals surface area contributed by atoms with Crippen LogP contribution in [-0.2, 0) is 40.0 Å². The predicted molar refractivity (Wildman–Crippen MR) is 225 cm³/mol. The predicted octanol–water partition coefficient (Wildman–Crippen LogP) is -1.21. The molecule has 1 aromatic rings.